The molecule has 1 aliphatic rings. The van der Waals surface area contributed by atoms with Crippen LogP contribution in [0.15, 0.2) is 16.2 Å². The predicted molar refractivity (Wildman–Crippen MR) is 85.4 cm³/mol. The molecule has 1 amide bonds. The van der Waals surface area contributed by atoms with Gasteiger partial charge in [-0.05, 0) is 42.6 Å². The first-order chi connectivity index (χ1) is 11.6. The number of allylic oxidation sites excluding steroid dienone is 1. The number of esters is 1. The zero-order chi connectivity index (χ0) is 18.8. The largest absolute Gasteiger partial charge is 0.463 e. The Kier molecular flexibility index (Phi) is 5.91. The number of alkyl halides is 3. The molecule has 1 N–H and O–H groups in total. The predicted octanol–water partition coefficient (Wildman–Crippen LogP) is 3.12. The van der Waals surface area contributed by atoms with Crippen LogP contribution in [-0.2, 0) is 27.0 Å². The number of amides is 1. The summed E-state index contributed by atoms with van der Waals surface area (Å²) in [5, 5.41) is 5.99. The first kappa shape index (κ1) is 19.5. The lowest BCUT2D eigenvalue weighted by Gasteiger charge is -2.08. The molecule has 2 rings (SSSR count). The van der Waals surface area contributed by atoms with E-state index in [4.69, 9.17) is 4.74 Å². The van der Waals surface area contributed by atoms with Crippen molar-refractivity contribution in [2.45, 2.75) is 45.3 Å². The number of hydrogen-bond acceptors (Lipinski definition) is 4. The number of hydrogen-bond donors (Lipinski definition) is 1. The Labute approximate surface area is 150 Å². The highest BCUT2D eigenvalue weighted by molar-refractivity contribution is 9.10. The van der Waals surface area contributed by atoms with E-state index in [-0.39, 0.29) is 29.2 Å². The molecule has 0 unspecified atom stereocenters. The van der Waals surface area contributed by atoms with Crippen LogP contribution in [0.2, 0.25) is 0 Å². The fourth-order valence-corrected chi connectivity index (χ4v) is 3.13. The second-order valence-corrected chi connectivity index (χ2v) is 6.40. The quantitative estimate of drug-likeness (QED) is 0.563. The number of carbonyl (C=O) groups excluding carboxylic acids is 2. The van der Waals surface area contributed by atoms with Crippen LogP contribution in [0.25, 0.3) is 0 Å². The Balaban J connectivity index is 2.14. The van der Waals surface area contributed by atoms with Gasteiger partial charge in [0.2, 0.25) is 5.91 Å². The number of nitrogens with one attached hydrogen (secondary N) is 1. The van der Waals surface area contributed by atoms with Crippen molar-refractivity contribution in [2.24, 2.45) is 0 Å². The number of halogens is 4. The molecule has 0 radical (unpaired) electrons. The van der Waals surface area contributed by atoms with Gasteiger partial charge in [-0.1, -0.05) is 0 Å². The summed E-state index contributed by atoms with van der Waals surface area (Å²) in [6.45, 7) is 2.95. The molecular weight excluding hydrogens is 407 g/mol. The molecule has 1 aromatic rings. The van der Waals surface area contributed by atoms with Crippen LogP contribution in [0.5, 0.6) is 0 Å². The molecule has 0 spiro atoms. The van der Waals surface area contributed by atoms with Crippen LogP contribution >= 0.6 is 15.9 Å². The highest BCUT2D eigenvalue weighted by atomic mass is 79.9. The summed E-state index contributed by atoms with van der Waals surface area (Å²) >= 11 is 2.96. The van der Waals surface area contributed by atoms with Gasteiger partial charge in [0.05, 0.1) is 16.8 Å². The monoisotopic (exact) mass is 423 g/mol. The molecule has 0 aliphatic heterocycles. The Morgan fingerprint density at radius 3 is 2.60 bits per heavy atom. The second kappa shape index (κ2) is 7.59. The highest BCUT2D eigenvalue weighted by Gasteiger charge is 2.41. The summed E-state index contributed by atoms with van der Waals surface area (Å²) in [4.78, 5) is 23.4. The van der Waals surface area contributed by atoms with Crippen molar-refractivity contribution in [3.05, 3.63) is 27.6 Å². The Bertz CT molecular complexity index is 709. The molecule has 138 valence electrons. The lowest BCUT2D eigenvalue weighted by molar-refractivity contribution is -0.142. The third-order valence-electron chi connectivity index (χ3n) is 3.42. The van der Waals surface area contributed by atoms with Crippen LogP contribution in [0.1, 0.15) is 44.0 Å². The minimum atomic E-state index is -4.61. The molecule has 1 saturated carbocycles. The molecule has 1 heterocycles. The van der Waals surface area contributed by atoms with E-state index in [1.165, 1.54) is 6.92 Å². The summed E-state index contributed by atoms with van der Waals surface area (Å²) < 4.78 is 44.7. The van der Waals surface area contributed by atoms with E-state index < -0.39 is 23.7 Å². The molecule has 25 heavy (non-hydrogen) atoms. The van der Waals surface area contributed by atoms with E-state index >= 15 is 0 Å². The third-order valence-corrected chi connectivity index (χ3v) is 4.20. The van der Waals surface area contributed by atoms with Crippen molar-refractivity contribution in [1.29, 1.82) is 0 Å². The average molecular weight is 424 g/mol. The van der Waals surface area contributed by atoms with Crippen molar-refractivity contribution in [2.75, 3.05) is 6.61 Å². The van der Waals surface area contributed by atoms with Crippen molar-refractivity contribution < 1.29 is 27.5 Å². The summed E-state index contributed by atoms with van der Waals surface area (Å²) in [5.41, 5.74) is -0.436. The van der Waals surface area contributed by atoms with Crippen LogP contribution < -0.4 is 5.32 Å². The van der Waals surface area contributed by atoms with Gasteiger partial charge in [-0.15, -0.1) is 0 Å². The number of nitrogens with zero attached hydrogens (tertiary/aromatic N) is 2. The third kappa shape index (κ3) is 5.07. The van der Waals surface area contributed by atoms with E-state index in [0.29, 0.717) is 5.69 Å². The van der Waals surface area contributed by atoms with Gasteiger partial charge in [0.1, 0.15) is 6.54 Å². The molecule has 1 aliphatic carbocycles. The Morgan fingerprint density at radius 2 is 2.08 bits per heavy atom. The summed E-state index contributed by atoms with van der Waals surface area (Å²) in [6.07, 6.45) is -2.00. The second-order valence-electron chi connectivity index (χ2n) is 5.61. The van der Waals surface area contributed by atoms with Gasteiger partial charge >= 0.3 is 12.1 Å². The first-order valence-corrected chi connectivity index (χ1v) is 8.41. The molecule has 0 bridgehead atoms. The smallest absolute Gasteiger partial charge is 0.436 e. The maximum atomic E-state index is 13.0. The van der Waals surface area contributed by atoms with Crippen LogP contribution in [0.4, 0.5) is 13.2 Å². The fourth-order valence-electron chi connectivity index (χ4n) is 2.29. The molecule has 10 heteroatoms. The van der Waals surface area contributed by atoms with Gasteiger partial charge in [0.25, 0.3) is 0 Å². The van der Waals surface area contributed by atoms with Crippen LogP contribution in [-0.4, -0.2) is 28.3 Å². The summed E-state index contributed by atoms with van der Waals surface area (Å²) in [6, 6.07) is 0. The van der Waals surface area contributed by atoms with E-state index in [2.05, 4.69) is 26.3 Å². The van der Waals surface area contributed by atoms with Crippen molar-refractivity contribution in [3.8, 4) is 0 Å². The summed E-state index contributed by atoms with van der Waals surface area (Å²) in [5.74, 6) is -1.23. The summed E-state index contributed by atoms with van der Waals surface area (Å²) in [7, 11) is 0. The normalized spacial score (nSPS) is 15.2. The Morgan fingerprint density at radius 1 is 1.44 bits per heavy atom. The van der Waals surface area contributed by atoms with E-state index in [0.717, 1.165) is 23.6 Å². The van der Waals surface area contributed by atoms with Gasteiger partial charge in [-0.2, -0.15) is 18.3 Å². The van der Waals surface area contributed by atoms with E-state index in [9.17, 15) is 22.8 Å². The fraction of sp³-hybridized carbons (Fsp3) is 0.533. The Hall–Kier alpha value is -1.84. The molecular formula is C15H17BrF3N3O3. The van der Waals surface area contributed by atoms with E-state index in [1.807, 2.05) is 0 Å². The molecule has 0 saturated heterocycles. The van der Waals surface area contributed by atoms with Crippen LogP contribution in [0.3, 0.4) is 0 Å². The minimum Gasteiger partial charge on any atom is -0.463 e. The molecule has 1 aromatic heterocycles. The van der Waals surface area contributed by atoms with Gasteiger partial charge in [0, 0.05) is 17.7 Å². The van der Waals surface area contributed by atoms with Crippen molar-refractivity contribution in [1.82, 2.24) is 15.1 Å². The lowest BCUT2D eigenvalue weighted by atomic mass is 10.2. The van der Waals surface area contributed by atoms with Gasteiger partial charge in [-0.25, -0.2) is 4.79 Å². The van der Waals surface area contributed by atoms with Gasteiger partial charge < -0.3 is 10.1 Å². The molecule has 0 atom stereocenters. The molecule has 6 nitrogen and oxygen atoms in total. The number of ether oxygens (including phenoxy) is 1. The van der Waals surface area contributed by atoms with Crippen LogP contribution in [0, 0.1) is 0 Å². The topological polar surface area (TPSA) is 73.2 Å². The molecule has 0 aromatic carbocycles. The van der Waals surface area contributed by atoms with E-state index in [1.54, 1.807) is 6.92 Å². The number of rotatable bonds is 6. The van der Waals surface area contributed by atoms with Gasteiger partial charge in [0.15, 0.2) is 5.69 Å². The standard InChI is InChI=1S/C15H17BrF3N3O3/c1-3-25-11(24)6-8(2)20-10(23)7-22-13(9-4-5-9)12(16)14(21-22)15(17,18)19/h6,9H,3-5,7H2,1-2H3,(H,20,23)/b8-6+. The van der Waals surface area contributed by atoms with Gasteiger partial charge in [-0.3, -0.25) is 9.48 Å². The molecule has 1 fully saturated rings. The maximum Gasteiger partial charge on any atom is 0.436 e. The maximum absolute atomic E-state index is 13.0. The number of aromatic nitrogens is 2. The highest BCUT2D eigenvalue weighted by Crippen LogP contribution is 2.46. The zero-order valence-corrected chi connectivity index (χ0v) is 15.2. The van der Waals surface area contributed by atoms with Crippen molar-refractivity contribution in [3.63, 3.8) is 0 Å². The average Bonchev–Trinajstić information content (AvgIpc) is 3.22. The first-order valence-electron chi connectivity index (χ1n) is 7.61. The number of carbonyl (C=O) groups is 2. The zero-order valence-electron chi connectivity index (χ0n) is 13.6. The van der Waals surface area contributed by atoms with Crippen molar-refractivity contribution >= 4 is 27.8 Å². The SMILES string of the molecule is CCOC(=O)/C=C(\C)NC(=O)Cn1nc(C(F)(F)F)c(Br)c1C1CC1. The lowest BCUT2D eigenvalue weighted by Crippen LogP contribution is -2.28. The minimum absolute atomic E-state index is 0.0399.